The molecule has 1 aromatic rings. The largest absolute Gasteiger partial charge is 0.366 e. The van der Waals surface area contributed by atoms with Crippen LogP contribution in [0.2, 0.25) is 0 Å². The van der Waals surface area contributed by atoms with Crippen LogP contribution in [-0.2, 0) is 0 Å². The van der Waals surface area contributed by atoms with Crippen LogP contribution in [0, 0.1) is 0 Å². The smallest absolute Gasteiger partial charge is 0.0389 e. The Kier molecular flexibility index (Phi) is 3.27. The van der Waals surface area contributed by atoms with E-state index in [1.54, 1.807) is 0 Å². The van der Waals surface area contributed by atoms with Gasteiger partial charge in [0, 0.05) is 31.4 Å². The highest BCUT2D eigenvalue weighted by atomic mass is 15.3. The highest BCUT2D eigenvalue weighted by Crippen LogP contribution is 2.19. The minimum absolute atomic E-state index is 0.626. The summed E-state index contributed by atoms with van der Waals surface area (Å²) in [7, 11) is 0. The van der Waals surface area contributed by atoms with Crippen molar-refractivity contribution in [2.45, 2.75) is 19.9 Å². The molecule has 0 aliphatic carbocycles. The Morgan fingerprint density at radius 1 is 1.20 bits per heavy atom. The zero-order valence-corrected chi connectivity index (χ0v) is 9.69. The van der Waals surface area contributed by atoms with E-state index < -0.39 is 0 Å². The first-order chi connectivity index (χ1) is 7.31. The Morgan fingerprint density at radius 2 is 1.93 bits per heavy atom. The van der Waals surface area contributed by atoms with Gasteiger partial charge in [0.2, 0.25) is 0 Å². The lowest BCUT2D eigenvalue weighted by atomic mass is 10.1. The van der Waals surface area contributed by atoms with Gasteiger partial charge in [-0.1, -0.05) is 25.1 Å². The third kappa shape index (κ3) is 2.32. The molecule has 1 fully saturated rings. The van der Waals surface area contributed by atoms with Crippen LogP contribution in [0.15, 0.2) is 30.3 Å². The van der Waals surface area contributed by atoms with Crippen LogP contribution in [0.25, 0.3) is 0 Å². The maximum absolute atomic E-state index is 2.52. The van der Waals surface area contributed by atoms with E-state index in [0.29, 0.717) is 6.04 Å². The second kappa shape index (κ2) is 4.67. The number of benzene rings is 1. The van der Waals surface area contributed by atoms with Gasteiger partial charge in [-0.25, -0.2) is 0 Å². The summed E-state index contributed by atoms with van der Waals surface area (Å²) in [6.45, 7) is 9.26. The Hall–Kier alpha value is -1.02. The number of para-hydroxylation sites is 1. The van der Waals surface area contributed by atoms with Crippen molar-refractivity contribution >= 4 is 5.69 Å². The maximum atomic E-state index is 2.52. The number of nitrogens with zero attached hydrogens (tertiary/aromatic N) is 2. The second-order valence-electron chi connectivity index (χ2n) is 4.27. The molecule has 0 N–H and O–H groups in total. The van der Waals surface area contributed by atoms with Gasteiger partial charge >= 0.3 is 0 Å². The minimum Gasteiger partial charge on any atom is -0.366 e. The molecule has 0 aromatic heterocycles. The molecule has 1 unspecified atom stereocenters. The van der Waals surface area contributed by atoms with E-state index in [4.69, 9.17) is 0 Å². The van der Waals surface area contributed by atoms with Crippen LogP contribution >= 0.6 is 0 Å². The number of rotatable bonds is 2. The molecule has 1 aliphatic rings. The molecule has 0 amide bonds. The van der Waals surface area contributed by atoms with E-state index >= 15 is 0 Å². The van der Waals surface area contributed by atoms with Gasteiger partial charge in [-0.3, -0.25) is 4.90 Å². The highest BCUT2D eigenvalue weighted by molar-refractivity contribution is 5.47. The SMILES string of the molecule is CCN1CCN(c2ccccc2)C(C)C1. The zero-order valence-electron chi connectivity index (χ0n) is 9.69. The molecule has 1 heterocycles. The molecule has 82 valence electrons. The van der Waals surface area contributed by atoms with Crippen molar-refractivity contribution in [1.29, 1.82) is 0 Å². The lowest BCUT2D eigenvalue weighted by molar-refractivity contribution is 0.240. The van der Waals surface area contributed by atoms with Gasteiger partial charge in [-0.2, -0.15) is 0 Å². The van der Waals surface area contributed by atoms with Crippen LogP contribution in [-0.4, -0.2) is 37.1 Å². The normalized spacial score (nSPS) is 23.1. The van der Waals surface area contributed by atoms with E-state index in [2.05, 4.69) is 54.0 Å². The molecule has 1 saturated heterocycles. The molecule has 0 bridgehead atoms. The Bertz CT molecular complexity index is 297. The van der Waals surface area contributed by atoms with Crippen molar-refractivity contribution in [3.63, 3.8) is 0 Å². The van der Waals surface area contributed by atoms with Crippen molar-refractivity contribution in [3.8, 4) is 0 Å². The van der Waals surface area contributed by atoms with Crippen molar-refractivity contribution < 1.29 is 0 Å². The number of likely N-dealkylation sites (N-methyl/N-ethyl adjacent to an activating group) is 1. The zero-order chi connectivity index (χ0) is 10.7. The van der Waals surface area contributed by atoms with Crippen LogP contribution < -0.4 is 4.90 Å². The van der Waals surface area contributed by atoms with Gasteiger partial charge in [-0.15, -0.1) is 0 Å². The first-order valence-corrected chi connectivity index (χ1v) is 5.85. The topological polar surface area (TPSA) is 6.48 Å². The number of anilines is 1. The lowest BCUT2D eigenvalue weighted by Crippen LogP contribution is -2.51. The Morgan fingerprint density at radius 3 is 2.53 bits per heavy atom. The third-order valence-corrected chi connectivity index (χ3v) is 3.25. The summed E-state index contributed by atoms with van der Waals surface area (Å²) in [5, 5.41) is 0. The molecule has 0 radical (unpaired) electrons. The van der Waals surface area contributed by atoms with E-state index in [0.717, 1.165) is 6.54 Å². The molecule has 2 rings (SSSR count). The molecule has 15 heavy (non-hydrogen) atoms. The molecule has 2 nitrogen and oxygen atoms in total. The fraction of sp³-hybridized carbons (Fsp3) is 0.538. The van der Waals surface area contributed by atoms with Crippen molar-refractivity contribution in [1.82, 2.24) is 4.90 Å². The molecule has 2 heteroatoms. The summed E-state index contributed by atoms with van der Waals surface area (Å²) < 4.78 is 0. The summed E-state index contributed by atoms with van der Waals surface area (Å²) in [5.74, 6) is 0. The first-order valence-electron chi connectivity index (χ1n) is 5.85. The summed E-state index contributed by atoms with van der Waals surface area (Å²) in [4.78, 5) is 5.02. The molecule has 1 aromatic carbocycles. The monoisotopic (exact) mass is 204 g/mol. The van der Waals surface area contributed by atoms with Crippen LogP contribution in [0.4, 0.5) is 5.69 Å². The van der Waals surface area contributed by atoms with Gasteiger partial charge in [0.25, 0.3) is 0 Å². The first kappa shape index (κ1) is 10.5. The fourth-order valence-corrected chi connectivity index (χ4v) is 2.32. The van der Waals surface area contributed by atoms with E-state index in [1.807, 2.05) is 0 Å². The summed E-state index contributed by atoms with van der Waals surface area (Å²) in [5.41, 5.74) is 1.36. The third-order valence-electron chi connectivity index (χ3n) is 3.25. The van der Waals surface area contributed by atoms with Crippen LogP contribution in [0.3, 0.4) is 0 Å². The summed E-state index contributed by atoms with van der Waals surface area (Å²) in [6.07, 6.45) is 0. The molecule has 0 saturated carbocycles. The van der Waals surface area contributed by atoms with Crippen molar-refractivity contribution in [2.75, 3.05) is 31.1 Å². The quantitative estimate of drug-likeness (QED) is 0.729. The van der Waals surface area contributed by atoms with E-state index in [1.165, 1.54) is 25.3 Å². The van der Waals surface area contributed by atoms with Crippen LogP contribution in [0.5, 0.6) is 0 Å². The van der Waals surface area contributed by atoms with Crippen molar-refractivity contribution in [3.05, 3.63) is 30.3 Å². The number of hydrogen-bond acceptors (Lipinski definition) is 2. The average Bonchev–Trinajstić information content (AvgIpc) is 2.30. The Balaban J connectivity index is 2.06. The average molecular weight is 204 g/mol. The van der Waals surface area contributed by atoms with E-state index in [-0.39, 0.29) is 0 Å². The number of piperazine rings is 1. The predicted octanol–water partition coefficient (Wildman–Crippen LogP) is 2.22. The van der Waals surface area contributed by atoms with Gasteiger partial charge in [0.1, 0.15) is 0 Å². The predicted molar refractivity (Wildman–Crippen MR) is 65.4 cm³/mol. The molecular weight excluding hydrogens is 184 g/mol. The summed E-state index contributed by atoms with van der Waals surface area (Å²) in [6, 6.07) is 11.4. The molecule has 0 spiro atoms. The van der Waals surface area contributed by atoms with Gasteiger partial charge in [-0.05, 0) is 25.6 Å². The molecular formula is C13H20N2. The van der Waals surface area contributed by atoms with Crippen LogP contribution in [0.1, 0.15) is 13.8 Å². The lowest BCUT2D eigenvalue weighted by Gasteiger charge is -2.41. The highest BCUT2D eigenvalue weighted by Gasteiger charge is 2.22. The number of hydrogen-bond donors (Lipinski definition) is 0. The molecule has 1 atom stereocenters. The van der Waals surface area contributed by atoms with E-state index in [9.17, 15) is 0 Å². The minimum atomic E-state index is 0.626. The van der Waals surface area contributed by atoms with Gasteiger partial charge < -0.3 is 4.90 Å². The van der Waals surface area contributed by atoms with Gasteiger partial charge in [0.15, 0.2) is 0 Å². The second-order valence-corrected chi connectivity index (χ2v) is 4.27. The maximum Gasteiger partial charge on any atom is 0.0389 e. The Labute approximate surface area is 92.5 Å². The van der Waals surface area contributed by atoms with Crippen molar-refractivity contribution in [2.24, 2.45) is 0 Å². The standard InChI is InChI=1S/C13H20N2/c1-3-14-9-10-15(12(2)11-14)13-7-5-4-6-8-13/h4-8,12H,3,9-11H2,1-2H3. The molecule has 1 aliphatic heterocycles. The fourth-order valence-electron chi connectivity index (χ4n) is 2.32. The van der Waals surface area contributed by atoms with Gasteiger partial charge in [0.05, 0.1) is 0 Å². The summed E-state index contributed by atoms with van der Waals surface area (Å²) >= 11 is 0.